The third kappa shape index (κ3) is 13.7. The molecule has 1 aliphatic rings. The number of esters is 1. The molecule has 148 valence electrons. The van der Waals surface area contributed by atoms with E-state index in [0.717, 1.165) is 16.9 Å². The molecule has 1 rings (SSSR count). The van der Waals surface area contributed by atoms with E-state index in [-0.39, 0.29) is 5.97 Å². The average Bonchev–Trinajstić information content (AvgIpc) is 3.38. The van der Waals surface area contributed by atoms with Crippen molar-refractivity contribution in [3.05, 3.63) is 0 Å². The Bertz CT molecular complexity index is 319. The minimum Gasteiger partial charge on any atom is -0.469 e. The van der Waals surface area contributed by atoms with Crippen LogP contribution in [0.2, 0.25) is 0 Å². The Morgan fingerprint density at radius 2 is 1.16 bits per heavy atom. The molecular weight excluding hydrogens is 328 g/mol. The molecule has 0 saturated carbocycles. The third-order valence-electron chi connectivity index (χ3n) is 5.39. The molecule has 1 heterocycles. The van der Waals surface area contributed by atoms with E-state index < -0.39 is 0 Å². The van der Waals surface area contributed by atoms with E-state index in [1.54, 1.807) is 0 Å². The monoisotopic (exact) mass is 370 g/mol. The first-order valence-electron chi connectivity index (χ1n) is 11.0. The van der Waals surface area contributed by atoms with Gasteiger partial charge in [-0.25, -0.2) is 0 Å². The van der Waals surface area contributed by atoms with Gasteiger partial charge in [-0.3, -0.25) is 4.79 Å². The van der Waals surface area contributed by atoms with Gasteiger partial charge in [-0.05, 0) is 12.8 Å². The quantitative estimate of drug-likeness (QED) is 0.144. The van der Waals surface area contributed by atoms with Gasteiger partial charge in [-0.15, -0.1) is 0 Å². The van der Waals surface area contributed by atoms with Gasteiger partial charge in [0.2, 0.25) is 0 Å². The van der Waals surface area contributed by atoms with Gasteiger partial charge in [0.05, 0.1) is 7.11 Å². The number of methoxy groups -OCH3 is 1. The van der Waals surface area contributed by atoms with Crippen molar-refractivity contribution >= 4 is 17.7 Å². The van der Waals surface area contributed by atoms with E-state index >= 15 is 0 Å². The summed E-state index contributed by atoms with van der Waals surface area (Å²) in [6.07, 6.45) is 23.0. The Hall–Kier alpha value is -0.180. The molecule has 0 aromatic heterocycles. The van der Waals surface area contributed by atoms with Crippen LogP contribution in [0.15, 0.2) is 0 Å². The van der Waals surface area contributed by atoms with Crippen molar-refractivity contribution in [3.63, 3.8) is 0 Å². The van der Waals surface area contributed by atoms with Crippen LogP contribution in [0.5, 0.6) is 0 Å². The van der Waals surface area contributed by atoms with Gasteiger partial charge < -0.3 is 4.74 Å². The fourth-order valence-corrected chi connectivity index (χ4v) is 4.78. The van der Waals surface area contributed by atoms with E-state index in [0.29, 0.717) is 6.42 Å². The van der Waals surface area contributed by atoms with Crippen LogP contribution in [0, 0.1) is 0 Å². The molecule has 0 amide bonds. The zero-order valence-corrected chi connectivity index (χ0v) is 17.7. The standard InChI is InChI=1S/C22H42O2S/c1-3-4-5-6-7-8-9-10-11-12-13-14-15-16-17-20-21(25-20)18-19-22(23)24-2/h20-21H,3-19H2,1-2H3. The van der Waals surface area contributed by atoms with Gasteiger partial charge in [0.15, 0.2) is 0 Å². The average molecular weight is 371 g/mol. The van der Waals surface area contributed by atoms with Crippen molar-refractivity contribution in [3.8, 4) is 0 Å². The molecule has 0 bridgehead atoms. The zero-order chi connectivity index (χ0) is 18.2. The minimum absolute atomic E-state index is 0.0530. The lowest BCUT2D eigenvalue weighted by Gasteiger charge is -2.03. The summed E-state index contributed by atoms with van der Waals surface area (Å²) in [5.41, 5.74) is 0. The van der Waals surface area contributed by atoms with Crippen LogP contribution in [0.4, 0.5) is 0 Å². The van der Waals surface area contributed by atoms with Crippen molar-refractivity contribution in [1.82, 2.24) is 0 Å². The number of rotatable bonds is 18. The summed E-state index contributed by atoms with van der Waals surface area (Å²) in [7, 11) is 1.48. The molecule has 2 nitrogen and oxygen atoms in total. The number of thioether (sulfide) groups is 1. The Morgan fingerprint density at radius 3 is 1.64 bits per heavy atom. The van der Waals surface area contributed by atoms with Gasteiger partial charge in [-0.2, -0.15) is 11.8 Å². The number of hydrogen-bond acceptors (Lipinski definition) is 3. The Labute approximate surface area is 161 Å². The van der Waals surface area contributed by atoms with Crippen LogP contribution < -0.4 is 0 Å². The predicted molar refractivity (Wildman–Crippen MR) is 111 cm³/mol. The molecule has 0 aliphatic carbocycles. The van der Waals surface area contributed by atoms with Crippen LogP contribution in [-0.2, 0) is 9.53 Å². The summed E-state index contributed by atoms with van der Waals surface area (Å²) in [5.74, 6) is -0.0530. The van der Waals surface area contributed by atoms with Gasteiger partial charge in [0, 0.05) is 16.9 Å². The lowest BCUT2D eigenvalue weighted by Crippen LogP contribution is -2.03. The minimum atomic E-state index is -0.0530. The molecule has 0 aromatic rings. The highest BCUT2D eigenvalue weighted by Gasteiger charge is 2.37. The zero-order valence-electron chi connectivity index (χ0n) is 16.9. The third-order valence-corrected chi connectivity index (χ3v) is 6.90. The van der Waals surface area contributed by atoms with E-state index in [1.165, 1.54) is 103 Å². The van der Waals surface area contributed by atoms with Crippen LogP contribution in [-0.4, -0.2) is 23.6 Å². The smallest absolute Gasteiger partial charge is 0.305 e. The first-order chi connectivity index (χ1) is 12.3. The van der Waals surface area contributed by atoms with E-state index in [4.69, 9.17) is 4.74 Å². The first-order valence-corrected chi connectivity index (χ1v) is 11.9. The van der Waals surface area contributed by atoms with Crippen molar-refractivity contribution in [2.75, 3.05) is 7.11 Å². The first kappa shape index (κ1) is 22.9. The Kier molecular flexibility index (Phi) is 14.7. The van der Waals surface area contributed by atoms with Crippen LogP contribution in [0.3, 0.4) is 0 Å². The summed E-state index contributed by atoms with van der Waals surface area (Å²) < 4.78 is 4.70. The predicted octanol–water partition coefficient (Wildman–Crippen LogP) is 7.30. The van der Waals surface area contributed by atoms with E-state index in [2.05, 4.69) is 18.7 Å². The van der Waals surface area contributed by atoms with Gasteiger partial charge in [0.25, 0.3) is 0 Å². The molecule has 3 heteroatoms. The number of ether oxygens (including phenoxy) is 1. The van der Waals surface area contributed by atoms with Crippen molar-refractivity contribution in [1.29, 1.82) is 0 Å². The van der Waals surface area contributed by atoms with E-state index in [1.807, 2.05) is 0 Å². The highest BCUT2D eigenvalue weighted by Crippen LogP contribution is 2.47. The highest BCUT2D eigenvalue weighted by molar-refractivity contribution is 8.07. The number of carbonyl (C=O) groups excluding carboxylic acids is 1. The lowest BCUT2D eigenvalue weighted by atomic mass is 10.0. The molecule has 2 unspecified atom stereocenters. The van der Waals surface area contributed by atoms with Crippen LogP contribution in [0.1, 0.15) is 116 Å². The number of hydrogen-bond donors (Lipinski definition) is 0. The molecule has 0 spiro atoms. The van der Waals surface area contributed by atoms with Crippen LogP contribution >= 0.6 is 11.8 Å². The van der Waals surface area contributed by atoms with Crippen molar-refractivity contribution < 1.29 is 9.53 Å². The molecule has 25 heavy (non-hydrogen) atoms. The van der Waals surface area contributed by atoms with Crippen molar-refractivity contribution in [2.45, 2.75) is 127 Å². The second-order valence-corrected chi connectivity index (χ2v) is 9.20. The topological polar surface area (TPSA) is 26.3 Å². The number of carbonyl (C=O) groups is 1. The van der Waals surface area contributed by atoms with Gasteiger partial charge >= 0.3 is 5.97 Å². The summed E-state index contributed by atoms with van der Waals surface area (Å²) in [4.78, 5) is 11.1. The fraction of sp³-hybridized carbons (Fsp3) is 0.955. The molecule has 0 aromatic carbocycles. The fourth-order valence-electron chi connectivity index (χ4n) is 3.59. The van der Waals surface area contributed by atoms with Gasteiger partial charge in [0.1, 0.15) is 0 Å². The normalized spacial score (nSPS) is 19.1. The Morgan fingerprint density at radius 1 is 0.720 bits per heavy atom. The highest BCUT2D eigenvalue weighted by atomic mass is 32.2. The molecule has 1 aliphatic heterocycles. The second kappa shape index (κ2) is 16.0. The Balaban J connectivity index is 1.71. The van der Waals surface area contributed by atoms with Crippen molar-refractivity contribution in [2.24, 2.45) is 0 Å². The maximum Gasteiger partial charge on any atom is 0.305 e. The summed E-state index contributed by atoms with van der Waals surface area (Å²) in [6.45, 7) is 2.29. The summed E-state index contributed by atoms with van der Waals surface area (Å²) in [6, 6.07) is 0. The summed E-state index contributed by atoms with van der Waals surface area (Å²) in [5, 5.41) is 1.57. The molecule has 0 N–H and O–H groups in total. The maximum absolute atomic E-state index is 11.1. The number of unbranched alkanes of at least 4 members (excludes halogenated alkanes) is 13. The lowest BCUT2D eigenvalue weighted by molar-refractivity contribution is -0.140. The maximum atomic E-state index is 11.1. The second-order valence-electron chi connectivity index (χ2n) is 7.71. The molecular formula is C22H42O2S. The van der Waals surface area contributed by atoms with Gasteiger partial charge in [-0.1, -0.05) is 96.8 Å². The molecule has 2 atom stereocenters. The SMILES string of the molecule is CCCCCCCCCCCCCCCCC1SC1CCC(=O)OC. The largest absolute Gasteiger partial charge is 0.469 e. The van der Waals surface area contributed by atoms with E-state index in [9.17, 15) is 4.79 Å². The molecule has 1 saturated heterocycles. The van der Waals surface area contributed by atoms with Crippen LogP contribution in [0.25, 0.3) is 0 Å². The molecule has 0 radical (unpaired) electrons. The summed E-state index contributed by atoms with van der Waals surface area (Å²) >= 11 is 2.07. The molecule has 1 fully saturated rings.